The molecule has 2 aromatic heterocycles. The summed E-state index contributed by atoms with van der Waals surface area (Å²) >= 11 is 3.28. The summed E-state index contributed by atoms with van der Waals surface area (Å²) in [6.07, 6.45) is 4.28. The molecule has 18 heavy (non-hydrogen) atoms. The standard InChI is InChI=1S/C12H13BrN4O/c13-10-6-5-9(18-10)12-15-8-4-2-1-3-7(8)11(16-12)17-14/h5-6H,1-4,14H2,(H,15,16,17). The molecular weight excluding hydrogens is 296 g/mol. The molecule has 0 radical (unpaired) electrons. The number of hydrazine groups is 1. The van der Waals surface area contributed by atoms with Gasteiger partial charge in [0, 0.05) is 11.3 Å². The first kappa shape index (κ1) is 11.7. The van der Waals surface area contributed by atoms with Gasteiger partial charge in [-0.25, -0.2) is 15.8 Å². The Balaban J connectivity index is 2.11. The van der Waals surface area contributed by atoms with Crippen LogP contribution in [0.2, 0.25) is 0 Å². The van der Waals surface area contributed by atoms with Gasteiger partial charge in [0.25, 0.3) is 0 Å². The van der Waals surface area contributed by atoms with Crippen molar-refractivity contribution >= 4 is 21.7 Å². The maximum atomic E-state index is 5.55. The lowest BCUT2D eigenvalue weighted by molar-refractivity contribution is 0.549. The summed E-state index contributed by atoms with van der Waals surface area (Å²) < 4.78 is 6.15. The van der Waals surface area contributed by atoms with E-state index in [4.69, 9.17) is 10.3 Å². The normalized spacial score (nSPS) is 14.3. The fourth-order valence-electron chi connectivity index (χ4n) is 2.26. The first-order valence-electron chi connectivity index (χ1n) is 5.90. The molecule has 0 aromatic carbocycles. The molecule has 3 N–H and O–H groups in total. The molecule has 94 valence electrons. The van der Waals surface area contributed by atoms with E-state index in [1.165, 1.54) is 0 Å². The van der Waals surface area contributed by atoms with Crippen LogP contribution in [0.3, 0.4) is 0 Å². The molecule has 0 spiro atoms. The second kappa shape index (κ2) is 4.70. The first-order chi connectivity index (χ1) is 8.78. The highest BCUT2D eigenvalue weighted by molar-refractivity contribution is 9.10. The Kier molecular flexibility index (Phi) is 3.05. The Labute approximate surface area is 113 Å². The van der Waals surface area contributed by atoms with Gasteiger partial charge in [-0.2, -0.15) is 0 Å². The predicted octanol–water partition coefficient (Wildman–Crippen LogP) is 2.66. The molecule has 1 aliphatic rings. The van der Waals surface area contributed by atoms with Crippen LogP contribution in [0.15, 0.2) is 21.2 Å². The molecule has 0 atom stereocenters. The SMILES string of the molecule is NNc1nc(-c2ccc(Br)o2)nc2c1CCCC2. The predicted molar refractivity (Wildman–Crippen MR) is 71.9 cm³/mol. The van der Waals surface area contributed by atoms with Crippen LogP contribution >= 0.6 is 15.9 Å². The Morgan fingerprint density at radius 2 is 2.06 bits per heavy atom. The number of nitrogen functional groups attached to an aromatic ring is 1. The van der Waals surface area contributed by atoms with Crippen molar-refractivity contribution in [2.24, 2.45) is 5.84 Å². The molecule has 2 aromatic rings. The second-order valence-electron chi connectivity index (χ2n) is 4.28. The number of halogens is 1. The molecule has 0 aliphatic heterocycles. The molecule has 0 fully saturated rings. The number of fused-ring (bicyclic) bond motifs is 1. The fraction of sp³-hybridized carbons (Fsp3) is 0.333. The zero-order valence-electron chi connectivity index (χ0n) is 9.74. The average Bonchev–Trinajstić information content (AvgIpc) is 2.84. The third-order valence-electron chi connectivity index (χ3n) is 3.11. The fourth-order valence-corrected chi connectivity index (χ4v) is 2.56. The number of rotatable bonds is 2. The van der Waals surface area contributed by atoms with E-state index in [9.17, 15) is 0 Å². The Bertz CT molecular complexity index is 564. The van der Waals surface area contributed by atoms with Crippen LogP contribution in [0.25, 0.3) is 11.6 Å². The molecule has 0 saturated carbocycles. The van der Waals surface area contributed by atoms with Gasteiger partial charge < -0.3 is 9.84 Å². The molecule has 0 bridgehead atoms. The molecule has 3 rings (SSSR count). The number of nitrogens with one attached hydrogen (secondary N) is 1. The van der Waals surface area contributed by atoms with Crippen LogP contribution < -0.4 is 11.3 Å². The molecule has 0 amide bonds. The summed E-state index contributed by atoms with van der Waals surface area (Å²) in [6, 6.07) is 3.67. The van der Waals surface area contributed by atoms with Gasteiger partial charge in [-0.3, -0.25) is 0 Å². The van der Waals surface area contributed by atoms with Gasteiger partial charge in [-0.15, -0.1) is 0 Å². The highest BCUT2D eigenvalue weighted by atomic mass is 79.9. The van der Waals surface area contributed by atoms with Crippen molar-refractivity contribution in [2.45, 2.75) is 25.7 Å². The molecule has 0 saturated heterocycles. The number of nitrogens with zero attached hydrogens (tertiary/aromatic N) is 2. The third-order valence-corrected chi connectivity index (χ3v) is 3.54. The van der Waals surface area contributed by atoms with E-state index >= 15 is 0 Å². The van der Waals surface area contributed by atoms with Crippen LogP contribution in [0.4, 0.5) is 5.82 Å². The minimum absolute atomic E-state index is 0.578. The van der Waals surface area contributed by atoms with Crippen LogP contribution in [0, 0.1) is 0 Å². The Hall–Kier alpha value is -1.40. The molecular formula is C12H13BrN4O. The monoisotopic (exact) mass is 308 g/mol. The molecule has 2 heterocycles. The number of furan rings is 1. The lowest BCUT2D eigenvalue weighted by Gasteiger charge is -2.18. The lowest BCUT2D eigenvalue weighted by Crippen LogP contribution is -2.17. The number of aryl methyl sites for hydroxylation is 1. The molecule has 1 aliphatic carbocycles. The summed E-state index contributed by atoms with van der Waals surface area (Å²) in [5.74, 6) is 7.48. The summed E-state index contributed by atoms with van der Waals surface area (Å²) in [5, 5.41) is 0. The van der Waals surface area contributed by atoms with Crippen LogP contribution in [-0.2, 0) is 12.8 Å². The van der Waals surface area contributed by atoms with Crippen LogP contribution in [0.1, 0.15) is 24.1 Å². The van der Waals surface area contributed by atoms with E-state index in [1.54, 1.807) is 0 Å². The topological polar surface area (TPSA) is 77.0 Å². The van der Waals surface area contributed by atoms with E-state index < -0.39 is 0 Å². The van der Waals surface area contributed by atoms with Crippen molar-refractivity contribution in [2.75, 3.05) is 5.43 Å². The summed E-state index contributed by atoms with van der Waals surface area (Å²) in [5.41, 5.74) is 4.88. The van der Waals surface area contributed by atoms with E-state index in [1.807, 2.05) is 12.1 Å². The van der Waals surface area contributed by atoms with Gasteiger partial charge in [0.05, 0.1) is 0 Å². The minimum atomic E-state index is 0.578. The van der Waals surface area contributed by atoms with Crippen molar-refractivity contribution in [3.05, 3.63) is 28.1 Å². The van der Waals surface area contributed by atoms with E-state index in [0.29, 0.717) is 22.1 Å². The zero-order valence-corrected chi connectivity index (χ0v) is 11.3. The number of hydrogen-bond donors (Lipinski definition) is 2. The number of hydrogen-bond acceptors (Lipinski definition) is 5. The van der Waals surface area contributed by atoms with E-state index in [0.717, 1.165) is 36.9 Å². The van der Waals surface area contributed by atoms with Gasteiger partial charge in [-0.1, -0.05) is 0 Å². The highest BCUT2D eigenvalue weighted by Crippen LogP contribution is 2.29. The molecule has 6 heteroatoms. The van der Waals surface area contributed by atoms with Crippen molar-refractivity contribution < 1.29 is 4.42 Å². The number of nitrogens with two attached hydrogens (primary N) is 1. The quantitative estimate of drug-likeness (QED) is 0.659. The lowest BCUT2D eigenvalue weighted by atomic mass is 9.96. The van der Waals surface area contributed by atoms with E-state index in [-0.39, 0.29) is 0 Å². The van der Waals surface area contributed by atoms with Gasteiger partial charge in [-0.05, 0) is 53.7 Å². The maximum Gasteiger partial charge on any atom is 0.197 e. The number of aromatic nitrogens is 2. The average molecular weight is 309 g/mol. The van der Waals surface area contributed by atoms with Crippen molar-refractivity contribution in [1.82, 2.24) is 9.97 Å². The summed E-state index contributed by atoms with van der Waals surface area (Å²) in [6.45, 7) is 0. The summed E-state index contributed by atoms with van der Waals surface area (Å²) in [7, 11) is 0. The smallest absolute Gasteiger partial charge is 0.197 e. The third kappa shape index (κ3) is 2.02. The first-order valence-corrected chi connectivity index (χ1v) is 6.69. The van der Waals surface area contributed by atoms with Crippen molar-refractivity contribution in [3.63, 3.8) is 0 Å². The van der Waals surface area contributed by atoms with Crippen molar-refractivity contribution in [1.29, 1.82) is 0 Å². The van der Waals surface area contributed by atoms with Gasteiger partial charge in [0.15, 0.2) is 16.3 Å². The maximum absolute atomic E-state index is 5.55. The molecule has 0 unspecified atom stereocenters. The Morgan fingerprint density at radius 1 is 1.22 bits per heavy atom. The summed E-state index contributed by atoms with van der Waals surface area (Å²) in [4.78, 5) is 9.01. The molecule has 5 nitrogen and oxygen atoms in total. The largest absolute Gasteiger partial charge is 0.446 e. The van der Waals surface area contributed by atoms with Gasteiger partial charge in [0.2, 0.25) is 0 Å². The van der Waals surface area contributed by atoms with Gasteiger partial charge in [0.1, 0.15) is 5.82 Å². The van der Waals surface area contributed by atoms with Crippen LogP contribution in [0.5, 0.6) is 0 Å². The van der Waals surface area contributed by atoms with E-state index in [2.05, 4.69) is 31.3 Å². The Morgan fingerprint density at radius 3 is 2.78 bits per heavy atom. The van der Waals surface area contributed by atoms with Crippen molar-refractivity contribution in [3.8, 4) is 11.6 Å². The van der Waals surface area contributed by atoms with Gasteiger partial charge >= 0.3 is 0 Å². The number of anilines is 1. The van der Waals surface area contributed by atoms with Crippen LogP contribution in [-0.4, -0.2) is 9.97 Å². The second-order valence-corrected chi connectivity index (χ2v) is 5.06. The highest BCUT2D eigenvalue weighted by Gasteiger charge is 2.19. The zero-order chi connectivity index (χ0) is 12.5. The minimum Gasteiger partial charge on any atom is -0.446 e.